The van der Waals surface area contributed by atoms with E-state index in [4.69, 9.17) is 29.4 Å². The number of aromatic nitrogens is 8. The molecule has 0 radical (unpaired) electrons. The van der Waals surface area contributed by atoms with Gasteiger partial charge in [-0.3, -0.25) is 19.3 Å². The van der Waals surface area contributed by atoms with Gasteiger partial charge < -0.3 is 35.4 Å². The van der Waals surface area contributed by atoms with E-state index in [0.29, 0.717) is 63.6 Å². The third-order valence-corrected chi connectivity index (χ3v) is 12.6. The minimum absolute atomic E-state index is 0.127. The highest BCUT2D eigenvalue weighted by Crippen LogP contribution is 2.37. The summed E-state index contributed by atoms with van der Waals surface area (Å²) in [6.07, 6.45) is 4.87. The van der Waals surface area contributed by atoms with Gasteiger partial charge in [-0.25, -0.2) is 30.1 Å². The molecule has 11 rings (SSSR count). The van der Waals surface area contributed by atoms with Crippen molar-refractivity contribution in [1.82, 2.24) is 50.5 Å². The van der Waals surface area contributed by atoms with Crippen molar-refractivity contribution >= 4 is 56.5 Å². The van der Waals surface area contributed by atoms with Crippen LogP contribution in [-0.4, -0.2) is 102 Å². The summed E-state index contributed by atoms with van der Waals surface area (Å²) in [5.41, 5.74) is 6.67. The number of hydrogen-bond donors (Lipinski definition) is 6. The molecule has 3 aliphatic rings. The van der Waals surface area contributed by atoms with Gasteiger partial charge in [0.1, 0.15) is 33.4 Å². The Labute approximate surface area is 387 Å². The summed E-state index contributed by atoms with van der Waals surface area (Å²) in [5.74, 6) is 2.05. The number of nitrogens with zero attached hydrogens (tertiary/aromatic N) is 8. The molecule has 2 fully saturated rings. The highest BCUT2D eigenvalue weighted by atomic mass is 16.7. The number of anilines is 5. The van der Waals surface area contributed by atoms with Crippen molar-refractivity contribution in [3.63, 3.8) is 0 Å². The molecule has 0 saturated carbocycles. The molecule has 19 heteroatoms. The Morgan fingerprint density at radius 1 is 0.691 bits per heavy atom. The largest absolute Gasteiger partial charge is 0.481 e. The van der Waals surface area contributed by atoms with Crippen molar-refractivity contribution in [2.45, 2.75) is 25.8 Å². The molecule has 8 aromatic rings. The van der Waals surface area contributed by atoms with Crippen LogP contribution >= 0.6 is 0 Å². The lowest BCUT2D eigenvalue weighted by molar-refractivity contribution is -0.138. The average Bonchev–Trinajstić information content (AvgIpc) is 3.84. The number of ether oxygens (including phenoxy) is 2. The van der Waals surface area contributed by atoms with Gasteiger partial charge in [0, 0.05) is 80.4 Å². The van der Waals surface area contributed by atoms with Crippen LogP contribution in [0, 0.1) is 5.92 Å². The summed E-state index contributed by atoms with van der Waals surface area (Å²) in [4.78, 5) is 61.9. The van der Waals surface area contributed by atoms with Gasteiger partial charge in [-0.2, -0.15) is 10.2 Å². The number of carboxylic acids is 1. The second-order valence-corrected chi connectivity index (χ2v) is 17.1. The summed E-state index contributed by atoms with van der Waals surface area (Å²) in [5, 5.41) is 33.2. The molecule has 0 bridgehead atoms. The second-order valence-electron chi connectivity index (χ2n) is 17.1. The van der Waals surface area contributed by atoms with E-state index in [1.165, 1.54) is 12.4 Å². The summed E-state index contributed by atoms with van der Waals surface area (Å²) >= 11 is 0. The van der Waals surface area contributed by atoms with Gasteiger partial charge in [0.05, 0.1) is 12.4 Å². The Morgan fingerprint density at radius 2 is 1.32 bits per heavy atom. The van der Waals surface area contributed by atoms with E-state index in [-0.39, 0.29) is 29.9 Å². The fourth-order valence-electron chi connectivity index (χ4n) is 9.15. The SMILES string of the molecule is O=C(O)CC1CCN(c2ccc(Nc3nc(-c4cccc(-c5cc(Nc6nc(-c7ccc8c(c7)OCO8)nc7cn[nH]c(=O)c67)ccc5CN5CCNCC5)c4)nc4cn[nH]c(=O)c34)cc2)CC1. The molecule has 0 spiro atoms. The minimum atomic E-state index is -0.752. The van der Waals surface area contributed by atoms with Crippen molar-refractivity contribution in [3.8, 4) is 45.4 Å². The van der Waals surface area contributed by atoms with Crippen LogP contribution < -0.4 is 41.4 Å². The zero-order valence-corrected chi connectivity index (χ0v) is 36.7. The van der Waals surface area contributed by atoms with Crippen LogP contribution in [0.3, 0.4) is 0 Å². The Kier molecular flexibility index (Phi) is 11.3. The number of piperidine rings is 1. The maximum absolute atomic E-state index is 13.3. The molecular formula is C49H45N13O6. The number of nitrogens with one attached hydrogen (secondary N) is 5. The number of hydrogen-bond acceptors (Lipinski definition) is 16. The lowest BCUT2D eigenvalue weighted by atomic mass is 9.93. The van der Waals surface area contributed by atoms with E-state index in [1.54, 1.807) is 6.07 Å². The first kappa shape index (κ1) is 42.4. The van der Waals surface area contributed by atoms with Gasteiger partial charge in [0.15, 0.2) is 23.1 Å². The highest BCUT2D eigenvalue weighted by Gasteiger charge is 2.23. The molecule has 6 N–H and O–H groups in total. The number of piperazine rings is 1. The highest BCUT2D eigenvalue weighted by molar-refractivity contribution is 5.93. The van der Waals surface area contributed by atoms with Gasteiger partial charge in [-0.1, -0.05) is 24.3 Å². The summed E-state index contributed by atoms with van der Waals surface area (Å²) in [6, 6.07) is 27.5. The molecule has 0 unspecified atom stereocenters. The molecular weight excluding hydrogens is 867 g/mol. The van der Waals surface area contributed by atoms with Gasteiger partial charge in [0.2, 0.25) is 6.79 Å². The number of carbonyl (C=O) groups is 1. The first-order valence-electron chi connectivity index (χ1n) is 22.5. The molecule has 2 saturated heterocycles. The van der Waals surface area contributed by atoms with E-state index in [2.05, 4.69) is 58.3 Å². The summed E-state index contributed by atoms with van der Waals surface area (Å²) in [7, 11) is 0. The number of aromatic amines is 2. The van der Waals surface area contributed by atoms with Gasteiger partial charge in [-0.15, -0.1) is 0 Å². The molecule has 19 nitrogen and oxygen atoms in total. The number of benzene rings is 4. The van der Waals surface area contributed by atoms with Crippen LogP contribution in [0.2, 0.25) is 0 Å². The van der Waals surface area contributed by atoms with E-state index in [1.807, 2.05) is 66.7 Å². The Hall–Kier alpha value is -8.29. The minimum Gasteiger partial charge on any atom is -0.481 e. The van der Waals surface area contributed by atoms with E-state index in [9.17, 15) is 19.5 Å². The Balaban J connectivity index is 0.934. The van der Waals surface area contributed by atoms with Crippen LogP contribution in [0.4, 0.5) is 28.7 Å². The quantitative estimate of drug-likeness (QED) is 0.0817. The second kappa shape index (κ2) is 18.2. The van der Waals surface area contributed by atoms with Crippen molar-refractivity contribution in [2.75, 3.05) is 61.6 Å². The number of fused-ring (bicyclic) bond motifs is 3. The monoisotopic (exact) mass is 911 g/mol. The van der Waals surface area contributed by atoms with E-state index < -0.39 is 17.1 Å². The Morgan fingerprint density at radius 3 is 2.01 bits per heavy atom. The first-order chi connectivity index (χ1) is 33.3. The molecule has 4 aromatic carbocycles. The molecule has 342 valence electrons. The van der Waals surface area contributed by atoms with Crippen LogP contribution in [0.15, 0.2) is 107 Å². The predicted molar refractivity (Wildman–Crippen MR) is 257 cm³/mol. The van der Waals surface area contributed by atoms with Crippen LogP contribution in [0.1, 0.15) is 24.8 Å². The molecule has 3 aliphatic heterocycles. The molecule has 68 heavy (non-hydrogen) atoms. The molecule has 0 aliphatic carbocycles. The lowest BCUT2D eigenvalue weighted by Gasteiger charge is -2.33. The molecule has 7 heterocycles. The van der Waals surface area contributed by atoms with Crippen LogP contribution in [-0.2, 0) is 11.3 Å². The number of carboxylic acid groups (broad SMARTS) is 1. The summed E-state index contributed by atoms with van der Waals surface area (Å²) < 4.78 is 11.1. The number of rotatable bonds is 12. The van der Waals surface area contributed by atoms with Crippen molar-refractivity contribution < 1.29 is 19.4 Å². The predicted octanol–water partition coefficient (Wildman–Crippen LogP) is 6.05. The van der Waals surface area contributed by atoms with Crippen molar-refractivity contribution in [1.29, 1.82) is 0 Å². The zero-order valence-electron chi connectivity index (χ0n) is 36.7. The zero-order chi connectivity index (χ0) is 46.1. The van der Waals surface area contributed by atoms with E-state index in [0.717, 1.165) is 85.7 Å². The smallest absolute Gasteiger partial charge is 0.303 e. The number of H-pyrrole nitrogens is 2. The van der Waals surface area contributed by atoms with Gasteiger partial charge in [-0.05, 0) is 96.1 Å². The fraction of sp³-hybridized carbons (Fsp3) is 0.245. The first-order valence-corrected chi connectivity index (χ1v) is 22.5. The topological polar surface area (TPSA) is 241 Å². The molecule has 4 aromatic heterocycles. The van der Waals surface area contributed by atoms with Crippen molar-refractivity contribution in [2.24, 2.45) is 5.92 Å². The molecule has 0 amide bonds. The van der Waals surface area contributed by atoms with Gasteiger partial charge >= 0.3 is 5.97 Å². The lowest BCUT2D eigenvalue weighted by Crippen LogP contribution is -2.42. The van der Waals surface area contributed by atoms with Crippen LogP contribution in [0.5, 0.6) is 11.5 Å². The fourth-order valence-corrected chi connectivity index (χ4v) is 9.15. The maximum Gasteiger partial charge on any atom is 0.303 e. The third-order valence-electron chi connectivity index (χ3n) is 12.6. The van der Waals surface area contributed by atoms with Crippen molar-refractivity contribution in [3.05, 3.63) is 124 Å². The average molecular weight is 912 g/mol. The maximum atomic E-state index is 13.3. The standard InChI is InChI=1S/C49H45N13O6/c63-41(64)20-28-12-16-62(17-13-28)35-9-7-33(8-10-35)53-46-42-37(24-51-59-48(42)65)55-44(57-46)30-3-1-2-29(21-30)36-23-34(6-4-32(36)26-61-18-14-50-15-19-61)54-47-43-38(25-52-60-49(43)66)56-45(58-47)31-5-11-39-40(22-31)68-27-67-39/h1-11,21-25,28,50H,12-20,26-27H2,(H,59,65)(H,60,66)(H,63,64)(H,53,55,57)(H,54,56,58). The van der Waals surface area contributed by atoms with E-state index >= 15 is 0 Å². The Bertz CT molecular complexity index is 3330. The third kappa shape index (κ3) is 8.74. The van der Waals surface area contributed by atoms with Crippen LogP contribution in [0.25, 0.3) is 55.7 Å². The normalized spacial score (nSPS) is 15.2. The van der Waals surface area contributed by atoms with Gasteiger partial charge in [0.25, 0.3) is 11.1 Å². The number of aliphatic carboxylic acids is 1. The summed E-state index contributed by atoms with van der Waals surface area (Å²) in [6.45, 7) is 5.99. The molecule has 0 atom stereocenters.